The van der Waals surface area contributed by atoms with E-state index >= 15 is 0 Å². The average molecular weight is 281 g/mol. The second kappa shape index (κ2) is 7.39. The zero-order chi connectivity index (χ0) is 15.2. The highest BCUT2D eigenvalue weighted by atomic mass is 19.1. The molecule has 0 heterocycles. The molecule has 0 aliphatic heterocycles. The first-order valence-electron chi connectivity index (χ1n) is 7.15. The molecule has 3 nitrogen and oxygen atoms in total. The summed E-state index contributed by atoms with van der Waals surface area (Å²) in [4.78, 5) is 11.9. The lowest BCUT2D eigenvalue weighted by Gasteiger charge is -2.25. The van der Waals surface area contributed by atoms with Gasteiger partial charge in [-0.3, -0.25) is 4.79 Å². The van der Waals surface area contributed by atoms with Crippen molar-refractivity contribution < 1.29 is 14.3 Å². The quantitative estimate of drug-likeness (QED) is 0.807. The topological polar surface area (TPSA) is 49.3 Å². The summed E-state index contributed by atoms with van der Waals surface area (Å²) in [5.41, 5.74) is -0.305. The summed E-state index contributed by atoms with van der Waals surface area (Å²) < 4.78 is 13.6. The fourth-order valence-corrected chi connectivity index (χ4v) is 2.10. The number of halogens is 1. The van der Waals surface area contributed by atoms with Gasteiger partial charge in [-0.1, -0.05) is 39.0 Å². The van der Waals surface area contributed by atoms with E-state index in [1.807, 2.05) is 20.8 Å². The summed E-state index contributed by atoms with van der Waals surface area (Å²) in [7, 11) is 0. The van der Waals surface area contributed by atoms with Gasteiger partial charge in [0.1, 0.15) is 5.82 Å². The van der Waals surface area contributed by atoms with Gasteiger partial charge >= 0.3 is 0 Å². The molecule has 1 atom stereocenters. The Labute approximate surface area is 120 Å². The molecule has 1 aromatic rings. The maximum atomic E-state index is 13.6. The molecule has 0 saturated carbocycles. The van der Waals surface area contributed by atoms with Crippen molar-refractivity contribution in [3.05, 3.63) is 35.6 Å². The highest BCUT2D eigenvalue weighted by Crippen LogP contribution is 2.21. The van der Waals surface area contributed by atoms with Crippen LogP contribution in [-0.2, 0) is 4.79 Å². The highest BCUT2D eigenvalue weighted by molar-refractivity contribution is 5.76. The zero-order valence-corrected chi connectivity index (χ0v) is 12.4. The molecule has 0 aromatic heterocycles. The van der Waals surface area contributed by atoms with E-state index in [0.29, 0.717) is 18.4 Å². The van der Waals surface area contributed by atoms with E-state index in [2.05, 4.69) is 5.32 Å². The van der Waals surface area contributed by atoms with Gasteiger partial charge in [0.2, 0.25) is 5.91 Å². The number of hydrogen-bond acceptors (Lipinski definition) is 2. The number of hydrogen-bond donors (Lipinski definition) is 2. The van der Waals surface area contributed by atoms with Crippen LogP contribution in [0.15, 0.2) is 24.3 Å². The van der Waals surface area contributed by atoms with Crippen LogP contribution in [0.4, 0.5) is 4.39 Å². The molecular formula is C16H24FNO2. The van der Waals surface area contributed by atoms with Gasteiger partial charge in [-0.05, 0) is 30.4 Å². The maximum absolute atomic E-state index is 13.6. The maximum Gasteiger partial charge on any atom is 0.220 e. The Balaban J connectivity index is 2.53. The Kier molecular flexibility index (Phi) is 6.14. The van der Waals surface area contributed by atoms with Crippen molar-refractivity contribution in [1.82, 2.24) is 5.32 Å². The van der Waals surface area contributed by atoms with Gasteiger partial charge in [-0.25, -0.2) is 4.39 Å². The van der Waals surface area contributed by atoms with Crippen molar-refractivity contribution in [1.29, 1.82) is 0 Å². The third-order valence-corrected chi connectivity index (χ3v) is 3.86. The van der Waals surface area contributed by atoms with E-state index in [9.17, 15) is 14.3 Å². The molecule has 4 heteroatoms. The van der Waals surface area contributed by atoms with Crippen LogP contribution in [-0.4, -0.2) is 23.2 Å². The van der Waals surface area contributed by atoms with E-state index in [0.717, 1.165) is 0 Å². The Bertz CT molecular complexity index is 444. The van der Waals surface area contributed by atoms with Crippen molar-refractivity contribution in [2.75, 3.05) is 6.54 Å². The normalized spacial score (nSPS) is 13.1. The van der Waals surface area contributed by atoms with Gasteiger partial charge in [-0.15, -0.1) is 0 Å². The van der Waals surface area contributed by atoms with Gasteiger partial charge < -0.3 is 10.4 Å². The minimum absolute atomic E-state index is 0.166. The molecule has 0 fully saturated rings. The lowest BCUT2D eigenvalue weighted by molar-refractivity contribution is -0.122. The molecule has 0 bridgehead atoms. The van der Waals surface area contributed by atoms with E-state index < -0.39 is 5.60 Å². The Morgan fingerprint density at radius 3 is 2.50 bits per heavy atom. The van der Waals surface area contributed by atoms with Crippen molar-refractivity contribution in [3.8, 4) is 0 Å². The van der Waals surface area contributed by atoms with Crippen LogP contribution in [0.2, 0.25) is 0 Å². The van der Waals surface area contributed by atoms with Crippen LogP contribution in [0.1, 0.15) is 51.5 Å². The molecule has 20 heavy (non-hydrogen) atoms. The second-order valence-electron chi connectivity index (χ2n) is 5.33. The minimum Gasteiger partial charge on any atom is -0.388 e. The molecule has 112 valence electrons. The first kappa shape index (κ1) is 16.6. The smallest absolute Gasteiger partial charge is 0.220 e. The van der Waals surface area contributed by atoms with Crippen molar-refractivity contribution in [2.24, 2.45) is 0 Å². The molecule has 2 N–H and O–H groups in total. The summed E-state index contributed by atoms with van der Waals surface area (Å²) in [6, 6.07) is 6.49. The SMILES string of the molecule is CCC(O)(CC)CNC(=O)CC(C)c1ccccc1F. The average Bonchev–Trinajstić information content (AvgIpc) is 2.45. The fraction of sp³-hybridized carbons (Fsp3) is 0.562. The molecule has 0 radical (unpaired) electrons. The molecule has 1 unspecified atom stereocenters. The summed E-state index contributed by atoms with van der Waals surface area (Å²) in [5.74, 6) is -0.639. The van der Waals surface area contributed by atoms with Gasteiger partial charge in [0.15, 0.2) is 0 Å². The molecule has 0 aliphatic carbocycles. The van der Waals surface area contributed by atoms with Crippen LogP contribution in [0.3, 0.4) is 0 Å². The Morgan fingerprint density at radius 1 is 1.35 bits per heavy atom. The number of amides is 1. The largest absolute Gasteiger partial charge is 0.388 e. The first-order valence-corrected chi connectivity index (χ1v) is 7.15. The number of carbonyl (C=O) groups is 1. The first-order chi connectivity index (χ1) is 9.41. The summed E-state index contributed by atoms with van der Waals surface area (Å²) in [6.07, 6.45) is 1.39. The van der Waals surface area contributed by atoms with Gasteiger partial charge in [-0.2, -0.15) is 0 Å². The van der Waals surface area contributed by atoms with E-state index in [1.165, 1.54) is 6.07 Å². The zero-order valence-electron chi connectivity index (χ0n) is 12.4. The standard InChI is InChI=1S/C16H24FNO2/c1-4-16(20,5-2)11-18-15(19)10-12(3)13-8-6-7-9-14(13)17/h6-9,12,20H,4-5,10-11H2,1-3H3,(H,18,19). The number of nitrogens with one attached hydrogen (secondary N) is 1. The van der Waals surface area contributed by atoms with E-state index in [-0.39, 0.29) is 30.6 Å². The fourth-order valence-electron chi connectivity index (χ4n) is 2.10. The van der Waals surface area contributed by atoms with Gasteiger partial charge in [0.05, 0.1) is 5.60 Å². The van der Waals surface area contributed by atoms with E-state index in [4.69, 9.17) is 0 Å². The number of rotatable bonds is 7. The molecule has 1 rings (SSSR count). The van der Waals surface area contributed by atoms with Crippen LogP contribution >= 0.6 is 0 Å². The lowest BCUT2D eigenvalue weighted by atomic mass is 9.95. The van der Waals surface area contributed by atoms with E-state index in [1.54, 1.807) is 18.2 Å². The molecule has 1 amide bonds. The third-order valence-electron chi connectivity index (χ3n) is 3.86. The van der Waals surface area contributed by atoms with Gasteiger partial charge in [0, 0.05) is 13.0 Å². The molecular weight excluding hydrogens is 257 g/mol. The number of aliphatic hydroxyl groups is 1. The van der Waals surface area contributed by atoms with Crippen LogP contribution in [0.25, 0.3) is 0 Å². The monoisotopic (exact) mass is 281 g/mol. The predicted octanol–water partition coefficient (Wildman–Crippen LogP) is 2.99. The van der Waals surface area contributed by atoms with Crippen molar-refractivity contribution in [3.63, 3.8) is 0 Å². The second-order valence-corrected chi connectivity index (χ2v) is 5.33. The molecule has 0 spiro atoms. The third kappa shape index (κ3) is 4.60. The predicted molar refractivity (Wildman–Crippen MR) is 78.0 cm³/mol. The molecule has 0 aliphatic rings. The minimum atomic E-state index is -0.850. The molecule has 0 saturated heterocycles. The van der Waals surface area contributed by atoms with Crippen LogP contribution < -0.4 is 5.32 Å². The molecule has 1 aromatic carbocycles. The van der Waals surface area contributed by atoms with Crippen molar-refractivity contribution >= 4 is 5.91 Å². The van der Waals surface area contributed by atoms with Gasteiger partial charge in [0.25, 0.3) is 0 Å². The summed E-state index contributed by atoms with van der Waals surface area (Å²) >= 11 is 0. The Morgan fingerprint density at radius 2 is 1.95 bits per heavy atom. The van der Waals surface area contributed by atoms with Crippen LogP contribution in [0.5, 0.6) is 0 Å². The lowest BCUT2D eigenvalue weighted by Crippen LogP contribution is -2.42. The Hall–Kier alpha value is -1.42. The van der Waals surface area contributed by atoms with Crippen LogP contribution in [0, 0.1) is 5.82 Å². The highest BCUT2D eigenvalue weighted by Gasteiger charge is 2.23. The van der Waals surface area contributed by atoms with Crippen molar-refractivity contribution in [2.45, 2.75) is 51.6 Å². The summed E-state index contributed by atoms with van der Waals surface area (Å²) in [6.45, 7) is 5.84. The number of benzene rings is 1. The summed E-state index contributed by atoms with van der Waals surface area (Å²) in [5, 5.41) is 12.8. The number of carbonyl (C=O) groups excluding carboxylic acids is 1.